The lowest BCUT2D eigenvalue weighted by molar-refractivity contribution is 0.00575. The fourth-order valence-corrected chi connectivity index (χ4v) is 3.07. The molecular formula is C17H26O. The minimum absolute atomic E-state index is 0.366. The van der Waals surface area contributed by atoms with Crippen LogP contribution in [0.15, 0.2) is 24.3 Å². The largest absolute Gasteiger partial charge is 0.385 e. The molecule has 1 aromatic carbocycles. The molecule has 0 saturated heterocycles. The Balaban J connectivity index is 2.08. The summed E-state index contributed by atoms with van der Waals surface area (Å²) < 4.78 is 0. The molecule has 0 spiro atoms. The summed E-state index contributed by atoms with van der Waals surface area (Å²) in [6.45, 7) is 6.81. The van der Waals surface area contributed by atoms with Gasteiger partial charge in [-0.1, -0.05) is 45.0 Å². The van der Waals surface area contributed by atoms with Gasteiger partial charge in [-0.15, -0.1) is 0 Å². The van der Waals surface area contributed by atoms with Crippen LogP contribution in [-0.4, -0.2) is 5.11 Å². The molecule has 0 amide bonds. The minimum atomic E-state index is -0.569. The topological polar surface area (TPSA) is 20.2 Å². The molecule has 2 rings (SSSR count). The summed E-state index contributed by atoms with van der Waals surface area (Å²) in [5.74, 6) is 0. The van der Waals surface area contributed by atoms with Gasteiger partial charge in [0.15, 0.2) is 0 Å². The summed E-state index contributed by atoms with van der Waals surface area (Å²) in [6.07, 6.45) is 6.35. The molecule has 1 nitrogen and oxygen atoms in total. The predicted molar refractivity (Wildman–Crippen MR) is 76.6 cm³/mol. The second-order valence-electron chi connectivity index (χ2n) is 6.96. The van der Waals surface area contributed by atoms with E-state index in [0.717, 1.165) is 32.1 Å². The quantitative estimate of drug-likeness (QED) is 0.836. The monoisotopic (exact) mass is 246 g/mol. The lowest BCUT2D eigenvalue weighted by atomic mass is 9.75. The second kappa shape index (κ2) is 5.05. The first-order valence-electron chi connectivity index (χ1n) is 7.22. The van der Waals surface area contributed by atoms with E-state index in [0.29, 0.717) is 5.41 Å². The molecule has 100 valence electrons. The van der Waals surface area contributed by atoms with E-state index < -0.39 is 5.60 Å². The van der Waals surface area contributed by atoms with Gasteiger partial charge in [0.1, 0.15) is 0 Å². The maximum atomic E-state index is 10.9. The van der Waals surface area contributed by atoms with Crippen molar-refractivity contribution in [2.75, 3.05) is 0 Å². The molecule has 1 heteroatoms. The van der Waals surface area contributed by atoms with Gasteiger partial charge in [0.05, 0.1) is 5.60 Å². The fourth-order valence-electron chi connectivity index (χ4n) is 3.07. The van der Waals surface area contributed by atoms with E-state index in [2.05, 4.69) is 45.0 Å². The van der Waals surface area contributed by atoms with Crippen molar-refractivity contribution in [2.24, 2.45) is 5.41 Å². The molecule has 1 aliphatic rings. The van der Waals surface area contributed by atoms with E-state index in [1.165, 1.54) is 17.5 Å². The number of aliphatic hydroxyl groups is 1. The Kier molecular flexibility index (Phi) is 3.82. The normalized spacial score (nSPS) is 23.8. The summed E-state index contributed by atoms with van der Waals surface area (Å²) >= 11 is 0. The number of hydrogen-bond donors (Lipinski definition) is 1. The maximum absolute atomic E-state index is 10.9. The van der Waals surface area contributed by atoms with Crippen LogP contribution in [0.4, 0.5) is 0 Å². The summed E-state index contributed by atoms with van der Waals surface area (Å²) in [5, 5.41) is 10.9. The van der Waals surface area contributed by atoms with Crippen molar-refractivity contribution in [3.63, 3.8) is 0 Å². The number of hydrogen-bond acceptors (Lipinski definition) is 1. The van der Waals surface area contributed by atoms with Crippen molar-refractivity contribution in [3.8, 4) is 0 Å². The van der Waals surface area contributed by atoms with Crippen LogP contribution in [0.2, 0.25) is 0 Å². The van der Waals surface area contributed by atoms with Crippen LogP contribution in [0.3, 0.4) is 0 Å². The van der Waals surface area contributed by atoms with Crippen LogP contribution in [-0.2, 0) is 12.0 Å². The van der Waals surface area contributed by atoms with Gasteiger partial charge in [0, 0.05) is 0 Å². The third kappa shape index (κ3) is 3.14. The zero-order chi connectivity index (χ0) is 13.2. The molecular weight excluding hydrogens is 220 g/mol. The maximum Gasteiger partial charge on any atom is 0.0899 e. The highest BCUT2D eigenvalue weighted by Gasteiger charge is 2.33. The van der Waals surface area contributed by atoms with E-state index in [1.807, 2.05) is 0 Å². The Hall–Kier alpha value is -0.820. The highest BCUT2D eigenvalue weighted by Crippen LogP contribution is 2.39. The molecule has 0 saturated carbocycles. The Morgan fingerprint density at radius 3 is 2.67 bits per heavy atom. The zero-order valence-electron chi connectivity index (χ0n) is 12.0. The average Bonchev–Trinajstić information content (AvgIpc) is 2.28. The van der Waals surface area contributed by atoms with Crippen LogP contribution in [0.25, 0.3) is 0 Å². The van der Waals surface area contributed by atoms with Gasteiger partial charge in [-0.3, -0.25) is 0 Å². The van der Waals surface area contributed by atoms with Crippen molar-refractivity contribution >= 4 is 0 Å². The molecule has 1 atom stereocenters. The minimum Gasteiger partial charge on any atom is -0.385 e. The first-order chi connectivity index (χ1) is 8.41. The van der Waals surface area contributed by atoms with Gasteiger partial charge in [0.2, 0.25) is 0 Å². The molecule has 18 heavy (non-hydrogen) atoms. The molecule has 0 bridgehead atoms. The van der Waals surface area contributed by atoms with Gasteiger partial charge in [-0.25, -0.2) is 0 Å². The highest BCUT2D eigenvalue weighted by atomic mass is 16.3. The lowest BCUT2D eigenvalue weighted by Gasteiger charge is -2.35. The van der Waals surface area contributed by atoms with Gasteiger partial charge in [-0.2, -0.15) is 0 Å². The summed E-state index contributed by atoms with van der Waals surface area (Å²) in [7, 11) is 0. The Bertz CT molecular complexity index is 402. The Labute approximate surface area is 111 Å². The van der Waals surface area contributed by atoms with Crippen molar-refractivity contribution in [3.05, 3.63) is 35.4 Å². The Morgan fingerprint density at radius 2 is 1.94 bits per heavy atom. The third-order valence-electron chi connectivity index (χ3n) is 4.07. The molecule has 0 aromatic heterocycles. The van der Waals surface area contributed by atoms with E-state index in [9.17, 15) is 5.11 Å². The summed E-state index contributed by atoms with van der Waals surface area (Å²) in [5.41, 5.74) is 2.33. The Morgan fingerprint density at radius 1 is 1.22 bits per heavy atom. The first kappa shape index (κ1) is 13.6. The van der Waals surface area contributed by atoms with E-state index in [1.54, 1.807) is 0 Å². The van der Waals surface area contributed by atoms with Crippen molar-refractivity contribution in [1.82, 2.24) is 0 Å². The highest BCUT2D eigenvalue weighted by molar-refractivity contribution is 5.34. The SMILES string of the molecule is CC(C)(C)CCCC1(O)CCCc2ccccc21. The molecule has 1 N–H and O–H groups in total. The molecule has 0 fully saturated rings. The smallest absolute Gasteiger partial charge is 0.0899 e. The van der Waals surface area contributed by atoms with E-state index in [-0.39, 0.29) is 0 Å². The van der Waals surface area contributed by atoms with Crippen molar-refractivity contribution in [1.29, 1.82) is 0 Å². The number of fused-ring (bicyclic) bond motifs is 1. The predicted octanol–water partition coefficient (Wildman–Crippen LogP) is 4.43. The average molecular weight is 246 g/mol. The lowest BCUT2D eigenvalue weighted by Crippen LogP contribution is -2.30. The molecule has 1 aliphatic carbocycles. The zero-order valence-corrected chi connectivity index (χ0v) is 12.0. The second-order valence-corrected chi connectivity index (χ2v) is 6.96. The fraction of sp³-hybridized carbons (Fsp3) is 0.647. The van der Waals surface area contributed by atoms with Gasteiger partial charge in [0.25, 0.3) is 0 Å². The van der Waals surface area contributed by atoms with Gasteiger partial charge < -0.3 is 5.11 Å². The molecule has 1 unspecified atom stereocenters. The van der Waals surface area contributed by atoms with Crippen LogP contribution < -0.4 is 0 Å². The molecule has 1 aromatic rings. The summed E-state index contributed by atoms with van der Waals surface area (Å²) in [6, 6.07) is 8.42. The van der Waals surface area contributed by atoms with E-state index >= 15 is 0 Å². The van der Waals surface area contributed by atoms with Crippen LogP contribution >= 0.6 is 0 Å². The van der Waals surface area contributed by atoms with Crippen molar-refractivity contribution < 1.29 is 5.11 Å². The van der Waals surface area contributed by atoms with Gasteiger partial charge in [-0.05, 0) is 55.1 Å². The first-order valence-corrected chi connectivity index (χ1v) is 7.22. The molecule has 0 radical (unpaired) electrons. The molecule has 0 heterocycles. The molecule has 0 aliphatic heterocycles. The summed E-state index contributed by atoms with van der Waals surface area (Å²) in [4.78, 5) is 0. The van der Waals surface area contributed by atoms with Crippen LogP contribution in [0.1, 0.15) is 64.0 Å². The van der Waals surface area contributed by atoms with Crippen molar-refractivity contribution in [2.45, 2.75) is 64.9 Å². The number of aryl methyl sites for hydroxylation is 1. The number of benzene rings is 1. The third-order valence-corrected chi connectivity index (χ3v) is 4.07. The van der Waals surface area contributed by atoms with Gasteiger partial charge >= 0.3 is 0 Å². The van der Waals surface area contributed by atoms with Crippen LogP contribution in [0, 0.1) is 5.41 Å². The number of rotatable bonds is 3. The standard InChI is InChI=1S/C17H26O/c1-16(2,3)11-7-13-17(18)12-6-9-14-8-4-5-10-15(14)17/h4-5,8,10,18H,6-7,9,11-13H2,1-3H3. The van der Waals surface area contributed by atoms with E-state index in [4.69, 9.17) is 0 Å². The van der Waals surface area contributed by atoms with Crippen LogP contribution in [0.5, 0.6) is 0 Å².